The molecule has 0 saturated heterocycles. The molecule has 0 spiro atoms. The van der Waals surface area contributed by atoms with E-state index >= 15 is 0 Å². The minimum absolute atomic E-state index is 0.259. The Morgan fingerprint density at radius 1 is 1.29 bits per heavy atom. The van der Waals surface area contributed by atoms with Crippen molar-refractivity contribution in [3.63, 3.8) is 0 Å². The molecule has 1 aromatic heterocycles. The fourth-order valence-electron chi connectivity index (χ4n) is 2.10. The van der Waals surface area contributed by atoms with Crippen LogP contribution in [0.3, 0.4) is 0 Å². The van der Waals surface area contributed by atoms with Crippen molar-refractivity contribution in [3.05, 3.63) is 22.4 Å². The zero-order chi connectivity index (χ0) is 9.97. The van der Waals surface area contributed by atoms with Crippen LogP contribution in [0.1, 0.15) is 42.6 Å². The van der Waals surface area contributed by atoms with Crippen molar-refractivity contribution in [2.24, 2.45) is 5.92 Å². The lowest BCUT2D eigenvalue weighted by Gasteiger charge is -2.19. The number of nitrogens with one attached hydrogen (secondary N) is 1. The third kappa shape index (κ3) is 2.08. The molecule has 0 unspecified atom stereocenters. The van der Waals surface area contributed by atoms with Crippen LogP contribution in [0, 0.1) is 5.92 Å². The molecule has 1 aliphatic rings. The van der Waals surface area contributed by atoms with Crippen molar-refractivity contribution in [2.45, 2.75) is 32.1 Å². The molecule has 1 fully saturated rings. The maximum absolute atomic E-state index is 12.0. The first-order chi connectivity index (χ1) is 6.77. The van der Waals surface area contributed by atoms with Gasteiger partial charge in [0.25, 0.3) is 0 Å². The van der Waals surface area contributed by atoms with Gasteiger partial charge in [-0.3, -0.25) is 4.79 Å². The number of aromatic amines is 1. The number of Topliss-reactive ketones (excluding diaryl/α,β-unsaturated/α-hetero) is 1. The predicted octanol–water partition coefficient (Wildman–Crippen LogP) is 3.54. The normalized spacial score (nSPS) is 18.4. The quantitative estimate of drug-likeness (QED) is 0.806. The predicted molar refractivity (Wildman–Crippen MR) is 59.4 cm³/mol. The van der Waals surface area contributed by atoms with E-state index in [4.69, 9.17) is 0 Å². The van der Waals surface area contributed by atoms with Gasteiger partial charge in [-0.15, -0.1) is 0 Å². The highest BCUT2D eigenvalue weighted by atomic mass is 79.9. The second-order valence-electron chi connectivity index (χ2n) is 3.92. The van der Waals surface area contributed by atoms with Crippen molar-refractivity contribution in [3.8, 4) is 0 Å². The Balaban J connectivity index is 2.07. The van der Waals surface area contributed by atoms with Crippen LogP contribution in [-0.4, -0.2) is 10.8 Å². The summed E-state index contributed by atoms with van der Waals surface area (Å²) in [5.74, 6) is 0.546. The van der Waals surface area contributed by atoms with Crippen molar-refractivity contribution in [2.75, 3.05) is 0 Å². The van der Waals surface area contributed by atoms with Crippen LogP contribution in [0.2, 0.25) is 0 Å². The number of H-pyrrole nitrogens is 1. The molecule has 1 N–H and O–H groups in total. The molecule has 2 nitrogen and oxygen atoms in total. The second kappa shape index (κ2) is 4.30. The standard InChI is InChI=1S/C11H14BrNO/c12-10-7-6-9(13-10)11(14)8-4-2-1-3-5-8/h6-8,13H,1-5H2. The smallest absolute Gasteiger partial charge is 0.182 e. The van der Waals surface area contributed by atoms with Crippen LogP contribution < -0.4 is 0 Å². The molecule has 1 aliphatic carbocycles. The van der Waals surface area contributed by atoms with Gasteiger partial charge in [-0.1, -0.05) is 19.3 Å². The summed E-state index contributed by atoms with van der Waals surface area (Å²) in [5.41, 5.74) is 0.753. The number of carbonyl (C=O) groups is 1. The third-order valence-electron chi connectivity index (χ3n) is 2.89. The fraction of sp³-hybridized carbons (Fsp3) is 0.545. The van der Waals surface area contributed by atoms with Crippen molar-refractivity contribution >= 4 is 21.7 Å². The maximum Gasteiger partial charge on any atom is 0.182 e. The molecule has 0 radical (unpaired) electrons. The highest BCUT2D eigenvalue weighted by molar-refractivity contribution is 9.10. The minimum atomic E-state index is 0.259. The summed E-state index contributed by atoms with van der Waals surface area (Å²) >= 11 is 3.32. The van der Waals surface area contributed by atoms with Crippen molar-refractivity contribution in [1.29, 1.82) is 0 Å². The zero-order valence-electron chi connectivity index (χ0n) is 8.05. The van der Waals surface area contributed by atoms with Crippen LogP contribution in [0.15, 0.2) is 16.7 Å². The van der Waals surface area contributed by atoms with Gasteiger partial charge in [0.1, 0.15) is 0 Å². The summed E-state index contributed by atoms with van der Waals surface area (Å²) in [7, 11) is 0. The summed E-state index contributed by atoms with van der Waals surface area (Å²) < 4.78 is 0.886. The molecule has 14 heavy (non-hydrogen) atoms. The molecule has 0 atom stereocenters. The van der Waals surface area contributed by atoms with Crippen LogP contribution in [0.25, 0.3) is 0 Å². The van der Waals surface area contributed by atoms with Crippen LogP contribution in [-0.2, 0) is 0 Å². The summed E-state index contributed by atoms with van der Waals surface area (Å²) in [5, 5.41) is 0. The summed E-state index contributed by atoms with van der Waals surface area (Å²) in [4.78, 5) is 15.0. The van der Waals surface area contributed by atoms with E-state index in [0.29, 0.717) is 0 Å². The number of ketones is 1. The van der Waals surface area contributed by atoms with Gasteiger partial charge >= 0.3 is 0 Å². The van der Waals surface area contributed by atoms with Gasteiger partial charge in [-0.05, 0) is 40.9 Å². The lowest BCUT2D eigenvalue weighted by molar-refractivity contribution is 0.0885. The molecule has 3 heteroatoms. The molecular formula is C11H14BrNO. The van der Waals surface area contributed by atoms with E-state index in [1.165, 1.54) is 19.3 Å². The largest absolute Gasteiger partial charge is 0.347 e. The van der Waals surface area contributed by atoms with E-state index in [-0.39, 0.29) is 11.7 Å². The highest BCUT2D eigenvalue weighted by Crippen LogP contribution is 2.26. The maximum atomic E-state index is 12.0. The van der Waals surface area contributed by atoms with Gasteiger partial charge < -0.3 is 4.98 Å². The number of hydrogen-bond acceptors (Lipinski definition) is 1. The number of aromatic nitrogens is 1. The molecule has 1 aromatic rings. The highest BCUT2D eigenvalue weighted by Gasteiger charge is 2.22. The molecule has 1 saturated carbocycles. The van der Waals surface area contributed by atoms with E-state index in [1.807, 2.05) is 12.1 Å². The number of carbonyl (C=O) groups excluding carboxylic acids is 1. The minimum Gasteiger partial charge on any atom is -0.347 e. The molecule has 1 heterocycles. The third-order valence-corrected chi connectivity index (χ3v) is 3.35. The van der Waals surface area contributed by atoms with E-state index in [0.717, 1.165) is 23.1 Å². The Morgan fingerprint density at radius 2 is 2.00 bits per heavy atom. The Kier molecular flexibility index (Phi) is 3.06. The monoisotopic (exact) mass is 255 g/mol. The molecule has 0 bridgehead atoms. The van der Waals surface area contributed by atoms with E-state index in [1.54, 1.807) is 0 Å². The zero-order valence-corrected chi connectivity index (χ0v) is 9.64. The SMILES string of the molecule is O=C(c1ccc(Br)[nH]1)C1CCCCC1. The first-order valence-electron chi connectivity index (χ1n) is 5.16. The van der Waals surface area contributed by atoms with Gasteiger partial charge in [0.05, 0.1) is 10.3 Å². The first kappa shape index (κ1) is 9.97. The van der Waals surface area contributed by atoms with Crippen molar-refractivity contribution < 1.29 is 4.79 Å². The van der Waals surface area contributed by atoms with Gasteiger partial charge in [-0.2, -0.15) is 0 Å². The Bertz CT molecular complexity index is 326. The Hall–Kier alpha value is -0.570. The van der Waals surface area contributed by atoms with Gasteiger partial charge in [-0.25, -0.2) is 0 Å². The fourth-order valence-corrected chi connectivity index (χ4v) is 2.44. The number of rotatable bonds is 2. The number of hydrogen-bond donors (Lipinski definition) is 1. The first-order valence-corrected chi connectivity index (χ1v) is 5.95. The van der Waals surface area contributed by atoms with Gasteiger partial charge in [0, 0.05) is 5.92 Å². The lowest BCUT2D eigenvalue weighted by atomic mass is 9.85. The van der Waals surface area contributed by atoms with Crippen molar-refractivity contribution in [1.82, 2.24) is 4.98 Å². The van der Waals surface area contributed by atoms with E-state index in [9.17, 15) is 4.79 Å². The lowest BCUT2D eigenvalue weighted by Crippen LogP contribution is -2.18. The van der Waals surface area contributed by atoms with Crippen LogP contribution in [0.4, 0.5) is 0 Å². The average Bonchev–Trinajstić information content (AvgIpc) is 2.65. The molecule has 0 aromatic carbocycles. The Labute approximate surface area is 92.2 Å². The average molecular weight is 256 g/mol. The van der Waals surface area contributed by atoms with E-state index in [2.05, 4.69) is 20.9 Å². The molecule has 0 amide bonds. The molecule has 0 aliphatic heterocycles. The molecule has 76 valence electrons. The van der Waals surface area contributed by atoms with Gasteiger partial charge in [0.15, 0.2) is 5.78 Å². The summed E-state index contributed by atoms with van der Waals surface area (Å²) in [6.07, 6.45) is 5.83. The van der Waals surface area contributed by atoms with Crippen LogP contribution >= 0.6 is 15.9 Å². The second-order valence-corrected chi connectivity index (χ2v) is 4.77. The molecule has 2 rings (SSSR count). The number of halogens is 1. The van der Waals surface area contributed by atoms with Crippen LogP contribution in [0.5, 0.6) is 0 Å². The summed E-state index contributed by atoms with van der Waals surface area (Å²) in [6, 6.07) is 3.75. The summed E-state index contributed by atoms with van der Waals surface area (Å²) in [6.45, 7) is 0. The van der Waals surface area contributed by atoms with Gasteiger partial charge in [0.2, 0.25) is 0 Å². The Morgan fingerprint density at radius 3 is 2.57 bits per heavy atom. The topological polar surface area (TPSA) is 32.9 Å². The van der Waals surface area contributed by atoms with E-state index < -0.39 is 0 Å². The molecular weight excluding hydrogens is 242 g/mol.